The normalized spacial score (nSPS) is 14.9. The molecule has 0 atom stereocenters. The first kappa shape index (κ1) is 48.7. The molecule has 0 aromatic heterocycles. The van der Waals surface area contributed by atoms with Crippen LogP contribution in [-0.4, -0.2) is 99.8 Å². The number of benzene rings is 5. The molecular formula is C50H57ClN6O9S. The number of rotatable bonds is 15. The molecule has 17 heteroatoms. The highest BCUT2D eigenvalue weighted by molar-refractivity contribution is 7.90. The van der Waals surface area contributed by atoms with Crippen LogP contribution in [0.1, 0.15) is 62.0 Å². The van der Waals surface area contributed by atoms with Crippen molar-refractivity contribution in [2.24, 2.45) is 0 Å². The Morgan fingerprint density at radius 2 is 1.60 bits per heavy atom. The minimum absolute atomic E-state index is 0.0254. The molecule has 5 aromatic rings. The first-order valence-electron chi connectivity index (χ1n) is 22.3. The summed E-state index contributed by atoms with van der Waals surface area (Å²) < 4.78 is 47.2. The maximum absolute atomic E-state index is 14.1. The minimum Gasteiger partial charge on any atom is -0.456 e. The molecule has 2 aliphatic heterocycles. The van der Waals surface area contributed by atoms with Gasteiger partial charge in [-0.15, -0.1) is 0 Å². The van der Waals surface area contributed by atoms with Gasteiger partial charge in [0.05, 0.1) is 15.4 Å². The van der Waals surface area contributed by atoms with Crippen molar-refractivity contribution in [2.75, 3.05) is 62.8 Å². The number of nitro groups is 1. The molecule has 0 saturated carbocycles. The zero-order chi connectivity index (χ0) is 47.9. The molecule has 2 saturated heterocycles. The molecular weight excluding hydrogens is 896 g/mol. The fourth-order valence-corrected chi connectivity index (χ4v) is 9.33. The number of piperazine rings is 1. The van der Waals surface area contributed by atoms with Gasteiger partial charge in [-0.2, -0.15) is 0 Å². The number of sulfonamides is 1. The molecule has 2 aliphatic rings. The topological polar surface area (TPSA) is 164 Å². The van der Waals surface area contributed by atoms with Crippen LogP contribution < -0.4 is 19.3 Å². The van der Waals surface area contributed by atoms with Gasteiger partial charge in [0.25, 0.3) is 21.6 Å². The van der Waals surface area contributed by atoms with Crippen LogP contribution >= 0.6 is 11.6 Å². The smallest absolute Gasteiger partial charge is 0.410 e. The highest BCUT2D eigenvalue weighted by Crippen LogP contribution is 2.35. The van der Waals surface area contributed by atoms with Gasteiger partial charge in [-0.1, -0.05) is 60.1 Å². The SMILES string of the molecule is CCN(Cc1ccc(Oc2cc(N3CCN(Cc4ccccc4-c4ccc(Cl)cc4)CC3)ccc2C(=O)NS(=O)(=O)c2ccc(N(C)C3CCOCC3)c([N+](=O)[O-])c2)cc1)C(=O)OC(C)(C)C. The molecule has 2 fully saturated rings. The number of hydrogen-bond acceptors (Lipinski definition) is 12. The van der Waals surface area contributed by atoms with Crippen LogP contribution in [-0.2, 0) is 32.6 Å². The molecule has 0 unspecified atom stereocenters. The van der Waals surface area contributed by atoms with E-state index in [1.54, 1.807) is 53.2 Å². The third kappa shape index (κ3) is 12.4. The molecule has 2 heterocycles. The summed E-state index contributed by atoms with van der Waals surface area (Å²) in [4.78, 5) is 46.0. The second-order valence-corrected chi connectivity index (χ2v) is 19.8. The number of halogens is 1. The summed E-state index contributed by atoms with van der Waals surface area (Å²) in [5, 5.41) is 13.0. The van der Waals surface area contributed by atoms with Crippen molar-refractivity contribution < 1.29 is 37.1 Å². The fraction of sp³-hybridized carbons (Fsp3) is 0.360. The zero-order valence-electron chi connectivity index (χ0n) is 38.4. The van der Waals surface area contributed by atoms with Crippen molar-refractivity contribution in [1.82, 2.24) is 14.5 Å². The summed E-state index contributed by atoms with van der Waals surface area (Å²) >= 11 is 6.17. The lowest BCUT2D eigenvalue weighted by Crippen LogP contribution is -2.46. The molecule has 0 spiro atoms. The Kier molecular flexibility index (Phi) is 15.4. The number of amides is 2. The Balaban J connectivity index is 1.11. The molecule has 67 heavy (non-hydrogen) atoms. The quantitative estimate of drug-likeness (QED) is 0.0782. The van der Waals surface area contributed by atoms with E-state index in [4.69, 9.17) is 25.8 Å². The van der Waals surface area contributed by atoms with E-state index in [2.05, 4.69) is 26.7 Å². The average molecular weight is 954 g/mol. The van der Waals surface area contributed by atoms with Gasteiger partial charge in [-0.25, -0.2) is 17.9 Å². The number of hydrogen-bond donors (Lipinski definition) is 1. The summed E-state index contributed by atoms with van der Waals surface area (Å²) in [5.74, 6) is -0.521. The van der Waals surface area contributed by atoms with Gasteiger partial charge in [0, 0.05) is 95.0 Å². The Bertz CT molecular complexity index is 2660. The Morgan fingerprint density at radius 1 is 0.910 bits per heavy atom. The highest BCUT2D eigenvalue weighted by atomic mass is 35.5. The summed E-state index contributed by atoms with van der Waals surface area (Å²) in [6.45, 7) is 12.6. The third-order valence-corrected chi connectivity index (χ3v) is 13.5. The molecule has 2 amide bonds. The van der Waals surface area contributed by atoms with Crippen LogP contribution in [0.2, 0.25) is 5.02 Å². The van der Waals surface area contributed by atoms with E-state index in [-0.39, 0.29) is 29.6 Å². The molecule has 1 N–H and O–H groups in total. The monoisotopic (exact) mass is 952 g/mol. The molecule has 7 rings (SSSR count). The number of nitrogens with zero attached hydrogens (tertiary/aromatic N) is 5. The van der Waals surface area contributed by atoms with Gasteiger partial charge < -0.3 is 28.9 Å². The average Bonchev–Trinajstić information content (AvgIpc) is 3.31. The number of nitrogens with one attached hydrogen (secondary N) is 1. The van der Waals surface area contributed by atoms with Crippen LogP contribution in [0, 0.1) is 10.1 Å². The standard InChI is InChI=1S/C50H57ClN6O9S/c1-6-55(49(59)66-50(2,3)4)33-35-11-18-41(19-12-35)65-47-31-40(56-27-25-54(26-28-56)34-37-9-7-8-10-43(37)36-13-15-38(51)16-14-36)17-21-44(47)48(58)52-67(62,63)42-20-22-45(46(32-42)57(60)61)53(5)39-23-29-64-30-24-39/h7-22,31-32,39H,6,23-30,33-34H2,1-5H3,(H,52,58). The molecule has 5 aromatic carbocycles. The van der Waals surface area contributed by atoms with Crippen molar-refractivity contribution in [1.29, 1.82) is 0 Å². The Morgan fingerprint density at radius 3 is 2.25 bits per heavy atom. The van der Waals surface area contributed by atoms with Crippen LogP contribution in [0.3, 0.4) is 0 Å². The summed E-state index contributed by atoms with van der Waals surface area (Å²) in [6, 6.07) is 31.8. The number of ether oxygens (including phenoxy) is 3. The maximum Gasteiger partial charge on any atom is 0.410 e. The second-order valence-electron chi connectivity index (χ2n) is 17.6. The van der Waals surface area contributed by atoms with E-state index in [9.17, 15) is 28.1 Å². The fourth-order valence-electron chi connectivity index (χ4n) is 8.22. The van der Waals surface area contributed by atoms with Crippen LogP contribution in [0.5, 0.6) is 11.5 Å². The van der Waals surface area contributed by atoms with Crippen molar-refractivity contribution in [3.8, 4) is 22.6 Å². The number of carbonyl (C=O) groups is 2. The molecule has 0 bridgehead atoms. The highest BCUT2D eigenvalue weighted by Gasteiger charge is 2.30. The van der Waals surface area contributed by atoms with Gasteiger partial charge >= 0.3 is 6.09 Å². The molecule has 15 nitrogen and oxygen atoms in total. The van der Waals surface area contributed by atoms with Crippen molar-refractivity contribution in [3.63, 3.8) is 0 Å². The third-order valence-electron chi connectivity index (χ3n) is 11.9. The zero-order valence-corrected chi connectivity index (χ0v) is 40.0. The van der Waals surface area contributed by atoms with Gasteiger partial charge in [0.1, 0.15) is 22.8 Å². The predicted octanol–water partition coefficient (Wildman–Crippen LogP) is 9.52. The molecule has 0 aliphatic carbocycles. The van der Waals surface area contributed by atoms with Gasteiger partial charge in [-0.3, -0.25) is 19.8 Å². The maximum atomic E-state index is 14.1. The summed E-state index contributed by atoms with van der Waals surface area (Å²) in [7, 11) is -2.87. The van der Waals surface area contributed by atoms with E-state index in [0.29, 0.717) is 56.5 Å². The van der Waals surface area contributed by atoms with Crippen molar-refractivity contribution >= 4 is 50.7 Å². The first-order valence-corrected chi connectivity index (χ1v) is 24.2. The lowest BCUT2D eigenvalue weighted by atomic mass is 9.99. The van der Waals surface area contributed by atoms with E-state index in [0.717, 1.165) is 48.1 Å². The molecule has 354 valence electrons. The lowest BCUT2D eigenvalue weighted by molar-refractivity contribution is -0.384. The van der Waals surface area contributed by atoms with Crippen molar-refractivity contribution in [2.45, 2.75) is 70.2 Å². The molecule has 0 radical (unpaired) electrons. The minimum atomic E-state index is -4.61. The van der Waals surface area contributed by atoms with E-state index in [1.165, 1.54) is 23.8 Å². The van der Waals surface area contributed by atoms with Gasteiger partial charge in [0.15, 0.2) is 0 Å². The number of carbonyl (C=O) groups excluding carboxylic acids is 2. The van der Waals surface area contributed by atoms with Gasteiger partial charge in [0.2, 0.25) is 0 Å². The summed E-state index contributed by atoms with van der Waals surface area (Å²) in [5.41, 5.74) is 4.15. The largest absolute Gasteiger partial charge is 0.456 e. The van der Waals surface area contributed by atoms with Crippen LogP contribution in [0.15, 0.2) is 114 Å². The van der Waals surface area contributed by atoms with E-state index < -0.39 is 43.1 Å². The lowest BCUT2D eigenvalue weighted by Gasteiger charge is -2.36. The second kappa shape index (κ2) is 21.2. The van der Waals surface area contributed by atoms with Crippen LogP contribution in [0.25, 0.3) is 11.1 Å². The number of anilines is 2. The van der Waals surface area contributed by atoms with Crippen LogP contribution in [0.4, 0.5) is 21.9 Å². The van der Waals surface area contributed by atoms with E-state index in [1.807, 2.05) is 64.1 Å². The predicted molar refractivity (Wildman–Crippen MR) is 260 cm³/mol. The van der Waals surface area contributed by atoms with Gasteiger partial charge in [-0.05, 0) is 111 Å². The number of nitro benzene ring substituents is 1. The Hall–Kier alpha value is -6.20. The Labute approximate surface area is 397 Å². The first-order chi connectivity index (χ1) is 32.0. The van der Waals surface area contributed by atoms with Crippen molar-refractivity contribution in [3.05, 3.63) is 141 Å². The summed E-state index contributed by atoms with van der Waals surface area (Å²) in [6.07, 6.45) is 0.897. The van der Waals surface area contributed by atoms with E-state index >= 15 is 0 Å².